The summed E-state index contributed by atoms with van der Waals surface area (Å²) in [4.78, 5) is 16.7. The number of carbonyl (C=O) groups excluding carboxylic acids is 1. The number of hydrogen-bond donors (Lipinski definition) is 0. The number of carbonyl (C=O) groups is 1. The maximum Gasteiger partial charge on any atom is 0.413 e. The van der Waals surface area contributed by atoms with E-state index >= 15 is 0 Å². The number of halogens is 1. The summed E-state index contributed by atoms with van der Waals surface area (Å²) in [6.07, 6.45) is 2.56. The highest BCUT2D eigenvalue weighted by Gasteiger charge is 2.51. The van der Waals surface area contributed by atoms with Crippen LogP contribution in [0.2, 0.25) is 0 Å². The van der Waals surface area contributed by atoms with E-state index in [9.17, 15) is 9.18 Å². The predicted octanol–water partition coefficient (Wildman–Crippen LogP) is 4.86. The minimum absolute atomic E-state index is 0.584. The molecule has 7 heteroatoms. The van der Waals surface area contributed by atoms with Gasteiger partial charge < -0.3 is 14.4 Å². The number of thiocarbonyl (C=S) groups is 1. The fraction of sp³-hybridized carbons (Fsp3) is 0.545. The first-order valence-corrected chi connectivity index (χ1v) is 10.0. The Morgan fingerprint density at radius 1 is 1.31 bits per heavy atom. The van der Waals surface area contributed by atoms with Gasteiger partial charge in [-0.15, -0.1) is 0 Å². The Morgan fingerprint density at radius 2 is 1.90 bits per heavy atom. The summed E-state index contributed by atoms with van der Waals surface area (Å²) in [5.41, 5.74) is 0.00484. The molecule has 1 heterocycles. The van der Waals surface area contributed by atoms with E-state index in [1.54, 1.807) is 34.6 Å². The number of ether oxygens (including phenoxy) is 2. The quantitative estimate of drug-likeness (QED) is 0.385. The summed E-state index contributed by atoms with van der Waals surface area (Å²) in [7, 11) is 3.85. The van der Waals surface area contributed by atoms with Crippen LogP contribution in [-0.4, -0.2) is 58.9 Å². The van der Waals surface area contributed by atoms with Crippen LogP contribution < -0.4 is 0 Å². The average molecular weight is 423 g/mol. The zero-order valence-electron chi connectivity index (χ0n) is 18.2. The summed E-state index contributed by atoms with van der Waals surface area (Å²) in [5, 5.41) is 0. The first-order valence-electron chi connectivity index (χ1n) is 9.61. The maximum absolute atomic E-state index is 14.0. The Morgan fingerprint density at radius 3 is 2.38 bits per heavy atom. The van der Waals surface area contributed by atoms with Crippen molar-refractivity contribution >= 4 is 23.2 Å². The number of allylic oxidation sites excluding steroid dienone is 1. The highest BCUT2D eigenvalue weighted by molar-refractivity contribution is 7.81. The van der Waals surface area contributed by atoms with Gasteiger partial charge >= 0.3 is 6.09 Å². The third-order valence-electron chi connectivity index (χ3n) is 4.47. The van der Waals surface area contributed by atoms with Crippen LogP contribution in [0.5, 0.6) is 0 Å². The molecule has 160 valence electrons. The van der Waals surface area contributed by atoms with E-state index in [-0.39, 0.29) is 0 Å². The van der Waals surface area contributed by atoms with E-state index in [0.717, 1.165) is 11.1 Å². The molecule has 0 spiro atoms. The topological polar surface area (TPSA) is 42.0 Å². The van der Waals surface area contributed by atoms with Crippen LogP contribution >= 0.6 is 12.2 Å². The van der Waals surface area contributed by atoms with Gasteiger partial charge in [0.1, 0.15) is 24.1 Å². The molecule has 1 fully saturated rings. The van der Waals surface area contributed by atoms with Gasteiger partial charge in [0, 0.05) is 19.0 Å². The minimum atomic E-state index is -0.994. The largest absolute Gasteiger partial charge is 0.444 e. The minimum Gasteiger partial charge on any atom is -0.444 e. The van der Waals surface area contributed by atoms with E-state index in [1.807, 2.05) is 55.5 Å². The fourth-order valence-electron chi connectivity index (χ4n) is 3.24. The molecule has 0 N–H and O–H groups in total. The van der Waals surface area contributed by atoms with E-state index < -0.39 is 36.2 Å². The molecule has 1 aromatic rings. The molecule has 1 aromatic carbocycles. The zero-order valence-corrected chi connectivity index (χ0v) is 19.0. The molecule has 0 aliphatic carbocycles. The molecular formula is C22H31FN2O3S. The highest BCUT2D eigenvalue weighted by Crippen LogP contribution is 2.42. The normalized spacial score (nSPS) is 21.4. The van der Waals surface area contributed by atoms with Gasteiger partial charge in [-0.1, -0.05) is 36.5 Å². The van der Waals surface area contributed by atoms with E-state index in [0.29, 0.717) is 4.86 Å². The standard InChI is InChI=1S/C22H31FN2O3S/c1-21(2,3)28-20(26)25-17(14-23)19(27-22(25,4)5)16-10-8-15(9-11-16)18(29)12-13-24(6)7/h8-13,17,19H,14H2,1-7H3/b13-12+/t17-,19-/m1/s1. The summed E-state index contributed by atoms with van der Waals surface area (Å²) >= 11 is 5.43. The SMILES string of the molecule is CN(C)/C=C/C(=S)c1ccc([C@H]2OC(C)(C)N(C(=O)OC(C)(C)C)[C@@H]2CF)cc1. The molecule has 5 nitrogen and oxygen atoms in total. The number of nitrogens with zero attached hydrogens (tertiary/aromatic N) is 2. The van der Waals surface area contributed by atoms with Gasteiger partial charge in [0.2, 0.25) is 0 Å². The Balaban J connectivity index is 2.26. The molecule has 0 aromatic heterocycles. The molecule has 1 aliphatic rings. The molecule has 0 bridgehead atoms. The van der Waals surface area contributed by atoms with Gasteiger partial charge in [0.05, 0.1) is 6.04 Å². The van der Waals surface area contributed by atoms with Gasteiger partial charge in [-0.25, -0.2) is 9.18 Å². The molecule has 29 heavy (non-hydrogen) atoms. The molecule has 0 radical (unpaired) electrons. The molecule has 0 unspecified atom stereocenters. The maximum atomic E-state index is 14.0. The highest BCUT2D eigenvalue weighted by atomic mass is 32.1. The molecule has 1 amide bonds. The second kappa shape index (κ2) is 8.79. The lowest BCUT2D eigenvalue weighted by Crippen LogP contribution is -2.50. The van der Waals surface area contributed by atoms with Crippen molar-refractivity contribution in [1.82, 2.24) is 9.80 Å². The smallest absolute Gasteiger partial charge is 0.413 e. The van der Waals surface area contributed by atoms with Crippen LogP contribution in [-0.2, 0) is 9.47 Å². The first-order chi connectivity index (χ1) is 13.4. The van der Waals surface area contributed by atoms with Crippen molar-refractivity contribution in [2.75, 3.05) is 20.8 Å². The number of benzene rings is 1. The van der Waals surface area contributed by atoms with Crippen molar-refractivity contribution in [3.05, 3.63) is 47.7 Å². The lowest BCUT2D eigenvalue weighted by Gasteiger charge is -2.34. The zero-order chi connectivity index (χ0) is 22.0. The third-order valence-corrected chi connectivity index (χ3v) is 4.84. The van der Waals surface area contributed by atoms with Crippen molar-refractivity contribution < 1.29 is 18.7 Å². The molecule has 1 aliphatic heterocycles. The van der Waals surface area contributed by atoms with E-state index in [1.165, 1.54) is 4.90 Å². The van der Waals surface area contributed by atoms with Crippen LogP contribution in [0.1, 0.15) is 51.8 Å². The molecular weight excluding hydrogens is 391 g/mol. The number of hydrogen-bond acceptors (Lipinski definition) is 5. The van der Waals surface area contributed by atoms with Crippen molar-refractivity contribution in [2.45, 2.75) is 58.1 Å². The van der Waals surface area contributed by atoms with Gasteiger partial charge in [-0.05, 0) is 58.0 Å². The molecule has 2 rings (SSSR count). The van der Waals surface area contributed by atoms with Crippen molar-refractivity contribution in [3.8, 4) is 0 Å². The van der Waals surface area contributed by atoms with Crippen LogP contribution in [0.15, 0.2) is 36.5 Å². The third kappa shape index (κ3) is 5.76. The summed E-state index contributed by atoms with van der Waals surface area (Å²) in [5.74, 6) is 0. The fourth-order valence-corrected chi connectivity index (χ4v) is 3.43. The van der Waals surface area contributed by atoms with Crippen LogP contribution in [0.25, 0.3) is 0 Å². The molecule has 2 atom stereocenters. The predicted molar refractivity (Wildman–Crippen MR) is 117 cm³/mol. The first kappa shape index (κ1) is 23.3. The van der Waals surface area contributed by atoms with Crippen molar-refractivity contribution in [2.24, 2.45) is 0 Å². The summed E-state index contributed by atoms with van der Waals surface area (Å²) < 4.78 is 25.6. The second-order valence-electron chi connectivity index (χ2n) is 8.82. The van der Waals surface area contributed by atoms with Gasteiger partial charge in [0.25, 0.3) is 0 Å². The number of alkyl halides is 1. The summed E-state index contributed by atoms with van der Waals surface area (Å²) in [6.45, 7) is 8.10. The Bertz CT molecular complexity index is 769. The van der Waals surface area contributed by atoms with Crippen molar-refractivity contribution in [3.63, 3.8) is 0 Å². The van der Waals surface area contributed by atoms with Crippen LogP contribution in [0.4, 0.5) is 9.18 Å². The Labute approximate surface area is 178 Å². The number of rotatable bonds is 5. The average Bonchev–Trinajstić information content (AvgIpc) is 2.88. The Kier molecular flexibility index (Phi) is 7.06. The molecule has 1 saturated heterocycles. The monoisotopic (exact) mass is 422 g/mol. The van der Waals surface area contributed by atoms with E-state index in [2.05, 4.69) is 0 Å². The van der Waals surface area contributed by atoms with Crippen LogP contribution in [0, 0.1) is 0 Å². The van der Waals surface area contributed by atoms with Gasteiger partial charge in [-0.3, -0.25) is 4.90 Å². The molecule has 0 saturated carbocycles. The Hall–Kier alpha value is -1.99. The van der Waals surface area contributed by atoms with Crippen LogP contribution in [0.3, 0.4) is 0 Å². The second-order valence-corrected chi connectivity index (χ2v) is 9.26. The van der Waals surface area contributed by atoms with Gasteiger partial charge in [-0.2, -0.15) is 0 Å². The van der Waals surface area contributed by atoms with Crippen molar-refractivity contribution in [1.29, 1.82) is 0 Å². The number of amides is 1. The lowest BCUT2D eigenvalue weighted by molar-refractivity contribution is -0.0797. The lowest BCUT2D eigenvalue weighted by atomic mass is 10.0. The van der Waals surface area contributed by atoms with Gasteiger partial charge in [0.15, 0.2) is 0 Å². The van der Waals surface area contributed by atoms with E-state index in [4.69, 9.17) is 21.7 Å². The summed E-state index contributed by atoms with van der Waals surface area (Å²) in [6, 6.07) is 6.74.